The Morgan fingerprint density at radius 1 is 1.23 bits per heavy atom. The molecule has 7 heteroatoms. The number of nitrogens with one attached hydrogen (secondary N) is 1. The van der Waals surface area contributed by atoms with E-state index in [1.165, 1.54) is 6.07 Å². The van der Waals surface area contributed by atoms with E-state index in [2.05, 4.69) is 17.1 Å². The normalized spacial score (nSPS) is 18.1. The van der Waals surface area contributed by atoms with Gasteiger partial charge in [-0.1, -0.05) is 25.1 Å². The van der Waals surface area contributed by atoms with Crippen molar-refractivity contribution < 1.29 is 17.6 Å². The molecule has 2 heterocycles. The number of benzene rings is 1. The van der Waals surface area contributed by atoms with Gasteiger partial charge >= 0.3 is 0 Å². The predicted molar refractivity (Wildman–Crippen MR) is 98.6 cm³/mol. The van der Waals surface area contributed by atoms with Crippen LogP contribution in [0.1, 0.15) is 36.1 Å². The average Bonchev–Trinajstić information content (AvgIpc) is 3.29. The molecule has 26 heavy (non-hydrogen) atoms. The highest BCUT2D eigenvalue weighted by atomic mass is 32.2. The summed E-state index contributed by atoms with van der Waals surface area (Å²) in [5.74, 6) is -0.174. The van der Waals surface area contributed by atoms with Gasteiger partial charge in [0.2, 0.25) is 0 Å². The number of amides is 1. The van der Waals surface area contributed by atoms with Crippen molar-refractivity contribution in [3.63, 3.8) is 0 Å². The van der Waals surface area contributed by atoms with Gasteiger partial charge in [0.15, 0.2) is 15.6 Å². The Kier molecular flexibility index (Phi) is 5.78. The minimum atomic E-state index is -3.49. The maximum absolute atomic E-state index is 12.4. The second kappa shape index (κ2) is 8.05. The minimum Gasteiger partial charge on any atom is -0.455 e. The molecule has 140 valence electrons. The summed E-state index contributed by atoms with van der Waals surface area (Å²) < 4.78 is 30.2. The molecule has 1 amide bonds. The van der Waals surface area contributed by atoms with E-state index < -0.39 is 9.84 Å². The highest BCUT2D eigenvalue weighted by Gasteiger charge is 2.24. The third-order valence-corrected chi connectivity index (χ3v) is 6.38. The van der Waals surface area contributed by atoms with E-state index in [0.29, 0.717) is 12.6 Å². The summed E-state index contributed by atoms with van der Waals surface area (Å²) in [4.78, 5) is 14.9. The van der Waals surface area contributed by atoms with Gasteiger partial charge in [0.25, 0.3) is 5.91 Å². The Balaban J connectivity index is 1.60. The highest BCUT2D eigenvalue weighted by Crippen LogP contribution is 2.19. The van der Waals surface area contributed by atoms with E-state index in [1.807, 2.05) is 0 Å². The number of likely N-dealkylation sites (N-methyl/N-ethyl adjacent to an activating group) is 1. The Bertz CT molecular complexity index is 845. The molecule has 1 atom stereocenters. The lowest BCUT2D eigenvalue weighted by molar-refractivity contribution is 0.0912. The Hall–Kier alpha value is -2.12. The highest BCUT2D eigenvalue weighted by molar-refractivity contribution is 7.90. The second-order valence-electron chi connectivity index (χ2n) is 6.47. The summed E-state index contributed by atoms with van der Waals surface area (Å²) in [5.41, 5.74) is 0. The Morgan fingerprint density at radius 3 is 2.73 bits per heavy atom. The number of nitrogens with zero attached hydrogens (tertiary/aromatic N) is 1. The average molecular weight is 376 g/mol. The van der Waals surface area contributed by atoms with E-state index in [9.17, 15) is 13.2 Å². The van der Waals surface area contributed by atoms with Crippen LogP contribution in [0.3, 0.4) is 0 Å². The Labute approximate surface area is 154 Å². The van der Waals surface area contributed by atoms with Crippen molar-refractivity contribution in [2.75, 3.05) is 19.6 Å². The number of hydrogen-bond donors (Lipinski definition) is 1. The fraction of sp³-hybridized carbons (Fsp3) is 0.421. The molecule has 2 aromatic rings. The van der Waals surface area contributed by atoms with Crippen molar-refractivity contribution in [1.29, 1.82) is 0 Å². The van der Waals surface area contributed by atoms with Crippen LogP contribution in [0.25, 0.3) is 0 Å². The molecule has 1 aromatic heterocycles. The SMILES string of the molecule is CCN1CCCC1CNC(=O)c1ccc(CS(=O)(=O)c2ccccc2)o1. The zero-order chi connectivity index (χ0) is 18.6. The molecule has 3 rings (SSSR count). The van der Waals surface area contributed by atoms with Crippen LogP contribution < -0.4 is 5.32 Å². The molecule has 6 nitrogen and oxygen atoms in total. The van der Waals surface area contributed by atoms with Crippen molar-refractivity contribution in [1.82, 2.24) is 10.2 Å². The molecule has 1 aliphatic heterocycles. The first kappa shape index (κ1) is 18.7. The number of carbonyl (C=O) groups is 1. The molecule has 1 N–H and O–H groups in total. The lowest BCUT2D eigenvalue weighted by Crippen LogP contribution is -2.39. The molecule has 1 unspecified atom stereocenters. The standard InChI is InChI=1S/C19H24N2O4S/c1-2-21-12-6-7-15(21)13-20-19(22)18-11-10-16(25-18)14-26(23,24)17-8-4-3-5-9-17/h3-5,8-11,15H,2,6-7,12-14H2,1H3,(H,20,22). The summed E-state index contributed by atoms with van der Waals surface area (Å²) in [6.45, 7) is 4.74. The summed E-state index contributed by atoms with van der Waals surface area (Å²) >= 11 is 0. The molecular formula is C19H24N2O4S. The zero-order valence-corrected chi connectivity index (χ0v) is 15.7. The summed E-state index contributed by atoms with van der Waals surface area (Å²) in [5, 5.41) is 2.89. The first-order valence-electron chi connectivity index (χ1n) is 8.88. The van der Waals surface area contributed by atoms with E-state index in [1.54, 1.807) is 36.4 Å². The predicted octanol–water partition coefficient (Wildman–Crippen LogP) is 2.47. The first-order chi connectivity index (χ1) is 12.5. The fourth-order valence-electron chi connectivity index (χ4n) is 3.32. The number of sulfone groups is 1. The molecule has 0 spiro atoms. The van der Waals surface area contributed by atoms with Crippen molar-refractivity contribution in [3.05, 3.63) is 54.0 Å². The van der Waals surface area contributed by atoms with E-state index in [4.69, 9.17) is 4.42 Å². The summed E-state index contributed by atoms with van der Waals surface area (Å²) in [6, 6.07) is 11.6. The van der Waals surface area contributed by atoms with Gasteiger partial charge < -0.3 is 9.73 Å². The molecule has 0 saturated carbocycles. The van der Waals surface area contributed by atoms with Crippen LogP contribution >= 0.6 is 0 Å². The van der Waals surface area contributed by atoms with Crippen LogP contribution in [0.15, 0.2) is 51.8 Å². The number of furan rings is 1. The van der Waals surface area contributed by atoms with E-state index in [-0.39, 0.29) is 28.1 Å². The topological polar surface area (TPSA) is 79.6 Å². The molecule has 1 aromatic carbocycles. The van der Waals surface area contributed by atoms with Gasteiger partial charge in [-0.25, -0.2) is 8.42 Å². The molecule has 0 radical (unpaired) electrons. The quantitative estimate of drug-likeness (QED) is 0.803. The fourth-order valence-corrected chi connectivity index (χ4v) is 4.58. The number of carbonyl (C=O) groups excluding carboxylic acids is 1. The Morgan fingerprint density at radius 2 is 2.00 bits per heavy atom. The maximum Gasteiger partial charge on any atom is 0.287 e. The maximum atomic E-state index is 12.4. The molecule has 1 aliphatic rings. The smallest absolute Gasteiger partial charge is 0.287 e. The first-order valence-corrected chi connectivity index (χ1v) is 10.5. The third-order valence-electron chi connectivity index (χ3n) is 4.72. The van der Waals surface area contributed by atoms with Crippen molar-refractivity contribution in [2.45, 2.75) is 36.5 Å². The van der Waals surface area contributed by atoms with Crippen LogP contribution in [-0.4, -0.2) is 44.9 Å². The van der Waals surface area contributed by atoms with Crippen LogP contribution in [-0.2, 0) is 15.6 Å². The van der Waals surface area contributed by atoms with Gasteiger partial charge in [-0.3, -0.25) is 9.69 Å². The second-order valence-corrected chi connectivity index (χ2v) is 8.46. The molecular weight excluding hydrogens is 352 g/mol. The third kappa shape index (κ3) is 4.34. The van der Waals surface area contributed by atoms with E-state index in [0.717, 1.165) is 25.9 Å². The summed E-state index contributed by atoms with van der Waals surface area (Å²) in [6.07, 6.45) is 2.23. The van der Waals surface area contributed by atoms with Crippen molar-refractivity contribution >= 4 is 15.7 Å². The van der Waals surface area contributed by atoms with Gasteiger partial charge in [0, 0.05) is 12.6 Å². The van der Waals surface area contributed by atoms with Crippen LogP contribution in [0.2, 0.25) is 0 Å². The molecule has 1 fully saturated rings. The van der Waals surface area contributed by atoms with Gasteiger partial charge in [-0.05, 0) is 50.2 Å². The molecule has 0 aliphatic carbocycles. The summed E-state index contributed by atoms with van der Waals surface area (Å²) in [7, 11) is -3.49. The number of likely N-dealkylation sites (tertiary alicyclic amines) is 1. The van der Waals surface area contributed by atoms with Crippen LogP contribution in [0.4, 0.5) is 0 Å². The van der Waals surface area contributed by atoms with Crippen molar-refractivity contribution in [3.8, 4) is 0 Å². The lowest BCUT2D eigenvalue weighted by Gasteiger charge is -2.22. The van der Waals surface area contributed by atoms with Gasteiger partial charge in [0.1, 0.15) is 11.5 Å². The number of rotatable bonds is 7. The van der Waals surface area contributed by atoms with Crippen molar-refractivity contribution in [2.24, 2.45) is 0 Å². The minimum absolute atomic E-state index is 0.143. The monoisotopic (exact) mass is 376 g/mol. The lowest BCUT2D eigenvalue weighted by atomic mass is 10.2. The van der Waals surface area contributed by atoms with Crippen LogP contribution in [0, 0.1) is 0 Å². The van der Waals surface area contributed by atoms with Crippen LogP contribution in [0.5, 0.6) is 0 Å². The van der Waals surface area contributed by atoms with E-state index >= 15 is 0 Å². The van der Waals surface area contributed by atoms with Gasteiger partial charge in [-0.2, -0.15) is 0 Å². The van der Waals surface area contributed by atoms with Gasteiger partial charge in [0.05, 0.1) is 4.90 Å². The largest absolute Gasteiger partial charge is 0.455 e. The zero-order valence-electron chi connectivity index (χ0n) is 14.8. The number of hydrogen-bond acceptors (Lipinski definition) is 5. The molecule has 1 saturated heterocycles. The molecule has 0 bridgehead atoms. The van der Waals surface area contributed by atoms with Gasteiger partial charge in [-0.15, -0.1) is 0 Å².